The molecule has 1 amide bonds. The second-order valence-corrected chi connectivity index (χ2v) is 6.14. The van der Waals surface area contributed by atoms with Crippen molar-refractivity contribution in [3.05, 3.63) is 11.8 Å². The third kappa shape index (κ3) is 5.16. The van der Waals surface area contributed by atoms with Crippen molar-refractivity contribution in [3.8, 4) is 0 Å². The monoisotopic (exact) mass is 301 g/mol. The minimum atomic E-state index is -0.467. The topological polar surface area (TPSA) is 55.4 Å². The summed E-state index contributed by atoms with van der Waals surface area (Å²) in [5, 5.41) is 2.71. The molecule has 4 nitrogen and oxygen atoms in total. The lowest BCUT2D eigenvalue weighted by Gasteiger charge is -2.10. The molecular formula is C15H24ClNO3. The summed E-state index contributed by atoms with van der Waals surface area (Å²) < 4.78 is 4.97. The number of hydrogen-bond donors (Lipinski definition) is 1. The van der Waals surface area contributed by atoms with Crippen LogP contribution in [0.1, 0.15) is 46.5 Å². The predicted molar refractivity (Wildman–Crippen MR) is 79.3 cm³/mol. The fraction of sp³-hybridized carbons (Fsp3) is 0.733. The Kier molecular flexibility index (Phi) is 6.53. The highest BCUT2D eigenvalue weighted by molar-refractivity contribution is 6.17. The SMILES string of the molecule is CCOC(=O)/C(=C\CCCCCl)NC(=O)[C@H]1CC1(C)C. The molecule has 0 aromatic rings. The van der Waals surface area contributed by atoms with Crippen LogP contribution in [0.2, 0.25) is 0 Å². The maximum atomic E-state index is 12.0. The van der Waals surface area contributed by atoms with E-state index in [9.17, 15) is 9.59 Å². The van der Waals surface area contributed by atoms with Gasteiger partial charge in [-0.1, -0.05) is 19.9 Å². The van der Waals surface area contributed by atoms with Crippen molar-refractivity contribution < 1.29 is 14.3 Å². The third-order valence-electron chi connectivity index (χ3n) is 3.52. The van der Waals surface area contributed by atoms with Crippen LogP contribution in [0, 0.1) is 11.3 Å². The number of carbonyl (C=O) groups excluding carboxylic acids is 2. The maximum absolute atomic E-state index is 12.0. The van der Waals surface area contributed by atoms with Crippen molar-refractivity contribution in [1.29, 1.82) is 0 Å². The number of rotatable bonds is 8. The summed E-state index contributed by atoms with van der Waals surface area (Å²) in [7, 11) is 0. The Morgan fingerprint density at radius 2 is 2.05 bits per heavy atom. The van der Waals surface area contributed by atoms with Crippen molar-refractivity contribution in [3.63, 3.8) is 0 Å². The molecule has 114 valence electrons. The van der Waals surface area contributed by atoms with Gasteiger partial charge in [-0.15, -0.1) is 11.6 Å². The van der Waals surface area contributed by atoms with Crippen molar-refractivity contribution in [1.82, 2.24) is 5.32 Å². The van der Waals surface area contributed by atoms with E-state index in [2.05, 4.69) is 5.32 Å². The van der Waals surface area contributed by atoms with Gasteiger partial charge >= 0.3 is 5.97 Å². The van der Waals surface area contributed by atoms with Crippen LogP contribution in [0.5, 0.6) is 0 Å². The molecule has 0 unspecified atom stereocenters. The van der Waals surface area contributed by atoms with Crippen LogP contribution in [0.15, 0.2) is 11.8 Å². The average Bonchev–Trinajstić information content (AvgIpc) is 3.02. The quantitative estimate of drug-likeness (QED) is 0.324. The zero-order valence-corrected chi connectivity index (χ0v) is 13.3. The number of carbonyl (C=O) groups is 2. The van der Waals surface area contributed by atoms with Crippen LogP contribution in [0.25, 0.3) is 0 Å². The van der Waals surface area contributed by atoms with Crippen molar-refractivity contribution >= 4 is 23.5 Å². The lowest BCUT2D eigenvalue weighted by atomic mass is 10.1. The van der Waals surface area contributed by atoms with E-state index >= 15 is 0 Å². The first-order chi connectivity index (χ1) is 9.42. The number of esters is 1. The molecule has 1 aliphatic rings. The first-order valence-corrected chi connectivity index (χ1v) is 7.70. The van der Waals surface area contributed by atoms with Crippen molar-refractivity contribution in [2.75, 3.05) is 12.5 Å². The molecule has 1 atom stereocenters. The lowest BCUT2D eigenvalue weighted by molar-refractivity contribution is -0.140. The fourth-order valence-electron chi connectivity index (χ4n) is 2.01. The average molecular weight is 302 g/mol. The summed E-state index contributed by atoms with van der Waals surface area (Å²) in [4.78, 5) is 23.9. The van der Waals surface area contributed by atoms with E-state index in [0.29, 0.717) is 18.9 Å². The molecule has 5 heteroatoms. The Labute approximate surface area is 125 Å². The van der Waals surface area contributed by atoms with Gasteiger partial charge in [-0.3, -0.25) is 4.79 Å². The Morgan fingerprint density at radius 3 is 2.55 bits per heavy atom. The lowest BCUT2D eigenvalue weighted by Crippen LogP contribution is -2.30. The van der Waals surface area contributed by atoms with Crippen LogP contribution >= 0.6 is 11.6 Å². The highest BCUT2D eigenvalue weighted by Gasteiger charge is 2.50. The van der Waals surface area contributed by atoms with Gasteiger partial charge < -0.3 is 10.1 Å². The summed E-state index contributed by atoms with van der Waals surface area (Å²) in [5.41, 5.74) is 0.303. The molecule has 0 saturated heterocycles. The van der Waals surface area contributed by atoms with Gasteiger partial charge in [0.25, 0.3) is 0 Å². The van der Waals surface area contributed by atoms with Crippen LogP contribution in [0.3, 0.4) is 0 Å². The molecular weight excluding hydrogens is 278 g/mol. The molecule has 1 aliphatic carbocycles. The molecule has 1 N–H and O–H groups in total. The Hall–Kier alpha value is -1.03. The minimum absolute atomic E-state index is 0.0110. The zero-order chi connectivity index (χ0) is 15.2. The van der Waals surface area contributed by atoms with Gasteiger partial charge in [0.1, 0.15) is 5.70 Å². The van der Waals surface area contributed by atoms with Gasteiger partial charge in [0.2, 0.25) is 5.91 Å². The number of ether oxygens (including phenoxy) is 1. The van der Waals surface area contributed by atoms with Gasteiger partial charge in [0.15, 0.2) is 0 Å². The zero-order valence-electron chi connectivity index (χ0n) is 12.5. The molecule has 0 bridgehead atoms. The second-order valence-electron chi connectivity index (χ2n) is 5.76. The number of hydrogen-bond acceptors (Lipinski definition) is 3. The highest BCUT2D eigenvalue weighted by Crippen LogP contribution is 2.51. The standard InChI is InChI=1S/C15H24ClNO3/c1-4-20-14(19)12(8-6-5-7-9-16)17-13(18)11-10-15(11,2)3/h8,11H,4-7,9-10H2,1-3H3,(H,17,18)/b12-8+/t11-/m1/s1. The second kappa shape index (κ2) is 7.67. The summed E-state index contributed by atoms with van der Waals surface area (Å²) in [6.07, 6.45) is 5.07. The number of amides is 1. The summed E-state index contributed by atoms with van der Waals surface area (Å²) >= 11 is 5.61. The number of nitrogens with one attached hydrogen (secondary N) is 1. The Bertz CT molecular complexity index is 391. The number of alkyl halides is 1. The summed E-state index contributed by atoms with van der Waals surface area (Å²) in [5.74, 6) is 0.0329. The number of unbranched alkanes of at least 4 members (excludes halogenated alkanes) is 2. The molecule has 20 heavy (non-hydrogen) atoms. The first kappa shape index (κ1) is 17.0. The fourth-order valence-corrected chi connectivity index (χ4v) is 2.20. The van der Waals surface area contributed by atoms with E-state index in [1.807, 2.05) is 13.8 Å². The molecule has 0 aromatic heterocycles. The summed E-state index contributed by atoms with van der Waals surface area (Å²) in [6, 6.07) is 0. The van der Waals surface area contributed by atoms with Gasteiger partial charge in [0, 0.05) is 11.8 Å². The van der Waals surface area contributed by atoms with Gasteiger partial charge in [-0.25, -0.2) is 4.79 Å². The van der Waals surface area contributed by atoms with Crippen LogP contribution in [-0.4, -0.2) is 24.4 Å². The van der Waals surface area contributed by atoms with Gasteiger partial charge in [-0.2, -0.15) is 0 Å². The largest absolute Gasteiger partial charge is 0.461 e. The minimum Gasteiger partial charge on any atom is -0.461 e. The molecule has 1 fully saturated rings. The normalized spacial score (nSPS) is 20.4. The predicted octanol–water partition coefficient (Wildman–Crippen LogP) is 3.00. The van der Waals surface area contributed by atoms with Crippen molar-refractivity contribution in [2.24, 2.45) is 11.3 Å². The smallest absolute Gasteiger partial charge is 0.354 e. The Morgan fingerprint density at radius 1 is 1.40 bits per heavy atom. The maximum Gasteiger partial charge on any atom is 0.354 e. The van der Waals surface area contributed by atoms with Crippen LogP contribution in [0.4, 0.5) is 0 Å². The van der Waals surface area contributed by atoms with Crippen LogP contribution in [-0.2, 0) is 14.3 Å². The van der Waals surface area contributed by atoms with Crippen molar-refractivity contribution in [2.45, 2.75) is 46.5 Å². The molecule has 0 radical (unpaired) electrons. The molecule has 1 rings (SSSR count). The van der Waals surface area contributed by atoms with Crippen LogP contribution < -0.4 is 5.32 Å². The third-order valence-corrected chi connectivity index (χ3v) is 3.79. The van der Waals surface area contributed by atoms with E-state index in [1.165, 1.54) is 0 Å². The van der Waals surface area contributed by atoms with E-state index in [4.69, 9.17) is 16.3 Å². The highest BCUT2D eigenvalue weighted by atomic mass is 35.5. The molecule has 0 spiro atoms. The molecule has 1 saturated carbocycles. The number of allylic oxidation sites excluding steroid dienone is 1. The molecule has 0 heterocycles. The summed E-state index contributed by atoms with van der Waals surface area (Å²) in [6.45, 7) is 6.13. The Balaban J connectivity index is 2.58. The first-order valence-electron chi connectivity index (χ1n) is 7.16. The van der Waals surface area contributed by atoms with E-state index in [-0.39, 0.29) is 22.9 Å². The molecule has 0 aromatic carbocycles. The number of halogens is 1. The molecule has 0 aliphatic heterocycles. The van der Waals surface area contributed by atoms with E-state index in [1.54, 1.807) is 13.0 Å². The van der Waals surface area contributed by atoms with Gasteiger partial charge in [-0.05, 0) is 38.0 Å². The van der Waals surface area contributed by atoms with E-state index < -0.39 is 5.97 Å². The van der Waals surface area contributed by atoms with Gasteiger partial charge in [0.05, 0.1) is 6.61 Å². The van der Waals surface area contributed by atoms with E-state index in [0.717, 1.165) is 19.3 Å².